The van der Waals surface area contributed by atoms with Gasteiger partial charge in [-0.25, -0.2) is 9.18 Å². The van der Waals surface area contributed by atoms with Gasteiger partial charge in [0.25, 0.3) is 0 Å². The van der Waals surface area contributed by atoms with Gasteiger partial charge in [0, 0.05) is 18.7 Å². The largest absolute Gasteiger partial charge is 0.478 e. The van der Waals surface area contributed by atoms with Gasteiger partial charge < -0.3 is 10.4 Å². The molecule has 4 heteroatoms. The van der Waals surface area contributed by atoms with Gasteiger partial charge in [0.2, 0.25) is 0 Å². The minimum absolute atomic E-state index is 0.0245. The molecule has 0 saturated carbocycles. The first-order chi connectivity index (χ1) is 8.00. The molecule has 2 N–H and O–H groups in total. The molecule has 1 rings (SSSR count). The van der Waals surface area contributed by atoms with Crippen LogP contribution < -0.4 is 5.32 Å². The molecule has 0 heterocycles. The third-order valence-electron chi connectivity index (χ3n) is 2.50. The molecule has 1 aromatic rings. The summed E-state index contributed by atoms with van der Waals surface area (Å²) < 4.78 is 13.3. The number of nitrogens with one attached hydrogen (secondary N) is 1. The van der Waals surface area contributed by atoms with Gasteiger partial charge in [0.1, 0.15) is 5.82 Å². The normalized spacial score (nSPS) is 12.9. The van der Waals surface area contributed by atoms with Crippen molar-refractivity contribution in [1.82, 2.24) is 5.32 Å². The highest BCUT2D eigenvalue weighted by Crippen LogP contribution is 2.15. The van der Waals surface area contributed by atoms with E-state index in [-0.39, 0.29) is 11.9 Å². The van der Waals surface area contributed by atoms with Crippen LogP contribution in [0.5, 0.6) is 0 Å². The Balaban J connectivity index is 2.55. The van der Waals surface area contributed by atoms with Gasteiger partial charge in [-0.3, -0.25) is 0 Å². The number of hydrogen-bond donors (Lipinski definition) is 2. The Labute approximate surface area is 100.0 Å². The van der Waals surface area contributed by atoms with Crippen LogP contribution in [0.15, 0.2) is 30.4 Å². The molecule has 1 aromatic carbocycles. The molecule has 3 nitrogen and oxygen atoms in total. The summed E-state index contributed by atoms with van der Waals surface area (Å²) in [6.45, 7) is 4.05. The molecule has 0 spiro atoms. The lowest BCUT2D eigenvalue weighted by Crippen LogP contribution is -2.18. The zero-order valence-corrected chi connectivity index (χ0v) is 9.90. The molecule has 17 heavy (non-hydrogen) atoms. The summed E-state index contributed by atoms with van der Waals surface area (Å²) in [5, 5.41) is 11.5. The third kappa shape index (κ3) is 4.36. The maximum absolute atomic E-state index is 13.3. The van der Waals surface area contributed by atoms with Crippen molar-refractivity contribution in [2.75, 3.05) is 6.54 Å². The van der Waals surface area contributed by atoms with E-state index in [4.69, 9.17) is 5.11 Å². The minimum atomic E-state index is -0.971. The molecular formula is C13H16FNO2. The molecule has 0 aliphatic carbocycles. The molecule has 0 bridgehead atoms. The molecule has 0 aromatic heterocycles. The molecule has 0 amide bonds. The number of aryl methyl sites for hydroxylation is 1. The highest BCUT2D eigenvalue weighted by Gasteiger charge is 2.06. The second-order valence-electron chi connectivity index (χ2n) is 3.88. The van der Waals surface area contributed by atoms with Crippen molar-refractivity contribution in [1.29, 1.82) is 0 Å². The number of carbonyl (C=O) groups is 1. The SMILES string of the molecule is Cc1ccc(C(C)NC/C=C/C(=O)O)cc1F. The van der Waals surface area contributed by atoms with E-state index in [9.17, 15) is 9.18 Å². The lowest BCUT2D eigenvalue weighted by Gasteiger charge is -2.13. The molecule has 0 fully saturated rings. The van der Waals surface area contributed by atoms with Crippen LogP contribution in [0.25, 0.3) is 0 Å². The maximum Gasteiger partial charge on any atom is 0.328 e. The standard InChI is InChI=1S/C13H16FNO2/c1-9-5-6-11(8-12(9)14)10(2)15-7-3-4-13(16)17/h3-6,8,10,15H,7H2,1-2H3,(H,16,17)/b4-3+. The zero-order chi connectivity index (χ0) is 12.8. The van der Waals surface area contributed by atoms with E-state index < -0.39 is 5.97 Å². The number of benzene rings is 1. The summed E-state index contributed by atoms with van der Waals surface area (Å²) in [5.74, 6) is -1.20. The highest BCUT2D eigenvalue weighted by molar-refractivity contribution is 5.79. The molecule has 1 atom stereocenters. The Morgan fingerprint density at radius 2 is 2.29 bits per heavy atom. The number of carboxylic acid groups (broad SMARTS) is 1. The summed E-state index contributed by atoms with van der Waals surface area (Å²) in [7, 11) is 0. The fraction of sp³-hybridized carbons (Fsp3) is 0.308. The van der Waals surface area contributed by atoms with Gasteiger partial charge in [-0.1, -0.05) is 18.2 Å². The van der Waals surface area contributed by atoms with Crippen LogP contribution in [0.4, 0.5) is 4.39 Å². The maximum atomic E-state index is 13.3. The van der Waals surface area contributed by atoms with E-state index >= 15 is 0 Å². The van der Waals surface area contributed by atoms with Crippen molar-refractivity contribution in [2.24, 2.45) is 0 Å². The average Bonchev–Trinajstić information content (AvgIpc) is 2.27. The van der Waals surface area contributed by atoms with Crippen molar-refractivity contribution in [3.8, 4) is 0 Å². The van der Waals surface area contributed by atoms with Gasteiger partial charge in [0.15, 0.2) is 0 Å². The second kappa shape index (κ2) is 6.15. The zero-order valence-electron chi connectivity index (χ0n) is 9.90. The first kappa shape index (κ1) is 13.4. The number of hydrogen-bond acceptors (Lipinski definition) is 2. The van der Waals surface area contributed by atoms with Crippen LogP contribution in [0.3, 0.4) is 0 Å². The summed E-state index contributed by atoms with van der Waals surface area (Å²) in [5.41, 5.74) is 1.46. The topological polar surface area (TPSA) is 49.3 Å². The van der Waals surface area contributed by atoms with Gasteiger partial charge in [0.05, 0.1) is 0 Å². The Morgan fingerprint density at radius 3 is 2.88 bits per heavy atom. The van der Waals surface area contributed by atoms with E-state index in [0.29, 0.717) is 12.1 Å². The average molecular weight is 237 g/mol. The predicted molar refractivity (Wildman–Crippen MR) is 64.3 cm³/mol. The summed E-state index contributed by atoms with van der Waals surface area (Å²) in [6, 6.07) is 5.06. The molecule has 0 saturated heterocycles. The Morgan fingerprint density at radius 1 is 1.59 bits per heavy atom. The molecule has 0 radical (unpaired) electrons. The van der Waals surface area contributed by atoms with Crippen LogP contribution >= 0.6 is 0 Å². The van der Waals surface area contributed by atoms with E-state index in [2.05, 4.69) is 5.32 Å². The second-order valence-corrected chi connectivity index (χ2v) is 3.88. The van der Waals surface area contributed by atoms with Crippen molar-refractivity contribution < 1.29 is 14.3 Å². The Bertz CT molecular complexity index is 429. The van der Waals surface area contributed by atoms with Crippen LogP contribution in [-0.4, -0.2) is 17.6 Å². The van der Waals surface area contributed by atoms with Crippen LogP contribution in [-0.2, 0) is 4.79 Å². The summed E-state index contributed by atoms with van der Waals surface area (Å²) in [6.07, 6.45) is 2.60. The minimum Gasteiger partial charge on any atom is -0.478 e. The first-order valence-corrected chi connectivity index (χ1v) is 5.39. The third-order valence-corrected chi connectivity index (χ3v) is 2.50. The van der Waals surface area contributed by atoms with Gasteiger partial charge in [-0.15, -0.1) is 0 Å². The summed E-state index contributed by atoms with van der Waals surface area (Å²) in [4.78, 5) is 10.2. The fourth-order valence-corrected chi connectivity index (χ4v) is 1.40. The van der Waals surface area contributed by atoms with E-state index in [1.165, 1.54) is 12.1 Å². The number of halogens is 1. The lowest BCUT2D eigenvalue weighted by molar-refractivity contribution is -0.131. The van der Waals surface area contributed by atoms with E-state index in [0.717, 1.165) is 11.6 Å². The number of rotatable bonds is 5. The smallest absolute Gasteiger partial charge is 0.328 e. The first-order valence-electron chi connectivity index (χ1n) is 5.39. The van der Waals surface area contributed by atoms with Gasteiger partial charge in [-0.05, 0) is 31.0 Å². The van der Waals surface area contributed by atoms with Gasteiger partial charge >= 0.3 is 5.97 Å². The quantitative estimate of drug-likeness (QED) is 0.773. The summed E-state index contributed by atoms with van der Waals surface area (Å²) >= 11 is 0. The molecule has 1 unspecified atom stereocenters. The lowest BCUT2D eigenvalue weighted by atomic mass is 10.1. The molecule has 0 aliphatic rings. The fourth-order valence-electron chi connectivity index (χ4n) is 1.40. The Hall–Kier alpha value is -1.68. The van der Waals surface area contributed by atoms with Crippen LogP contribution in [0.2, 0.25) is 0 Å². The molecule has 0 aliphatic heterocycles. The molecule has 92 valence electrons. The highest BCUT2D eigenvalue weighted by atomic mass is 19.1. The van der Waals surface area contributed by atoms with Crippen molar-refractivity contribution in [3.63, 3.8) is 0 Å². The molecular weight excluding hydrogens is 221 g/mol. The van der Waals surface area contributed by atoms with E-state index in [1.54, 1.807) is 13.0 Å². The monoisotopic (exact) mass is 237 g/mol. The Kier molecular flexibility index (Phi) is 4.84. The van der Waals surface area contributed by atoms with E-state index in [1.807, 2.05) is 13.0 Å². The van der Waals surface area contributed by atoms with Crippen LogP contribution in [0, 0.1) is 12.7 Å². The predicted octanol–water partition coefficient (Wildman–Crippen LogP) is 2.43. The van der Waals surface area contributed by atoms with Crippen molar-refractivity contribution in [2.45, 2.75) is 19.9 Å². The van der Waals surface area contributed by atoms with Crippen molar-refractivity contribution >= 4 is 5.97 Å². The van der Waals surface area contributed by atoms with Gasteiger partial charge in [-0.2, -0.15) is 0 Å². The van der Waals surface area contributed by atoms with Crippen molar-refractivity contribution in [3.05, 3.63) is 47.3 Å². The number of carboxylic acids is 1. The van der Waals surface area contributed by atoms with Crippen LogP contribution in [0.1, 0.15) is 24.1 Å². The number of aliphatic carboxylic acids is 1.